The third-order valence-electron chi connectivity index (χ3n) is 8.19. The number of fused-ring (bicyclic) bond motifs is 2. The molecule has 5 heterocycles. The van der Waals surface area contributed by atoms with E-state index in [9.17, 15) is 14.0 Å². The molecule has 2 amide bonds. The average Bonchev–Trinajstić information content (AvgIpc) is 3.58. The van der Waals surface area contributed by atoms with Crippen molar-refractivity contribution in [1.82, 2.24) is 24.2 Å². The smallest absolute Gasteiger partial charge is 0.417 e. The molecule has 248 valence electrons. The van der Waals surface area contributed by atoms with Crippen molar-refractivity contribution in [2.75, 3.05) is 32.6 Å². The van der Waals surface area contributed by atoms with Gasteiger partial charge in [0, 0.05) is 43.1 Å². The van der Waals surface area contributed by atoms with Crippen molar-refractivity contribution in [2.45, 2.75) is 71.4 Å². The lowest BCUT2D eigenvalue weighted by Crippen LogP contribution is -2.37. The number of aromatic nitrogens is 3. The number of pyridine rings is 2. The summed E-state index contributed by atoms with van der Waals surface area (Å²) in [6.07, 6.45) is 4.19. The van der Waals surface area contributed by atoms with Crippen molar-refractivity contribution >= 4 is 29.2 Å². The highest BCUT2D eigenvalue weighted by atomic mass is 19.1. The van der Waals surface area contributed by atoms with E-state index in [1.165, 1.54) is 12.1 Å². The summed E-state index contributed by atoms with van der Waals surface area (Å²) in [5.74, 6) is -0.336. The Hall–Kier alpha value is -4.39. The van der Waals surface area contributed by atoms with E-state index in [4.69, 9.17) is 19.2 Å². The molecule has 1 saturated heterocycles. The van der Waals surface area contributed by atoms with Crippen LogP contribution in [0.1, 0.15) is 73.8 Å². The van der Waals surface area contributed by atoms with Crippen molar-refractivity contribution in [3.63, 3.8) is 0 Å². The third-order valence-corrected chi connectivity index (χ3v) is 8.19. The van der Waals surface area contributed by atoms with Gasteiger partial charge >= 0.3 is 6.09 Å². The SMILES string of the molecule is CC(OC1CCOCC1)c1ccc(Nc2ccc(-c3cnc4cc(F)ccn34)c3c2C(=O)N(C(=O)OC(C)(C)C)C3)nc1CN(C)C. The van der Waals surface area contributed by atoms with Crippen molar-refractivity contribution < 1.29 is 28.2 Å². The van der Waals surface area contributed by atoms with Crippen LogP contribution in [0.25, 0.3) is 16.9 Å². The molecule has 1 fully saturated rings. The van der Waals surface area contributed by atoms with E-state index in [0.29, 0.717) is 59.3 Å². The topological polar surface area (TPSA) is 111 Å². The minimum atomic E-state index is -0.790. The lowest BCUT2D eigenvalue weighted by Gasteiger charge is -2.27. The number of imide groups is 1. The Morgan fingerprint density at radius 3 is 2.66 bits per heavy atom. The van der Waals surface area contributed by atoms with Gasteiger partial charge in [-0.1, -0.05) is 12.1 Å². The predicted molar refractivity (Wildman–Crippen MR) is 175 cm³/mol. The van der Waals surface area contributed by atoms with Crippen LogP contribution in [-0.4, -0.2) is 75.2 Å². The highest BCUT2D eigenvalue weighted by Gasteiger charge is 2.39. The zero-order valence-corrected chi connectivity index (χ0v) is 27.7. The number of nitrogens with one attached hydrogen (secondary N) is 1. The molecule has 11 nitrogen and oxygen atoms in total. The Balaban J connectivity index is 1.37. The molecule has 1 unspecified atom stereocenters. The number of halogens is 1. The van der Waals surface area contributed by atoms with Crippen molar-refractivity contribution in [2.24, 2.45) is 0 Å². The van der Waals surface area contributed by atoms with E-state index in [-0.39, 0.29) is 18.8 Å². The first-order valence-electron chi connectivity index (χ1n) is 15.9. The Bertz CT molecular complexity index is 1810. The number of carbonyl (C=O) groups excluding carboxylic acids is 2. The molecule has 0 radical (unpaired) electrons. The number of ether oxygens (including phenoxy) is 3. The Morgan fingerprint density at radius 2 is 1.94 bits per heavy atom. The Morgan fingerprint density at radius 1 is 1.17 bits per heavy atom. The summed E-state index contributed by atoms with van der Waals surface area (Å²) >= 11 is 0. The molecule has 47 heavy (non-hydrogen) atoms. The molecule has 0 spiro atoms. The van der Waals surface area contributed by atoms with Crippen molar-refractivity contribution in [3.8, 4) is 11.3 Å². The maximum Gasteiger partial charge on any atom is 0.417 e. The van der Waals surface area contributed by atoms with Crippen LogP contribution < -0.4 is 5.32 Å². The zero-order chi connectivity index (χ0) is 33.5. The van der Waals surface area contributed by atoms with Crippen LogP contribution in [0.3, 0.4) is 0 Å². The Labute approximate surface area is 273 Å². The number of hydrogen-bond acceptors (Lipinski definition) is 9. The predicted octanol–water partition coefficient (Wildman–Crippen LogP) is 6.49. The molecular weight excluding hydrogens is 603 g/mol. The number of anilines is 2. The van der Waals surface area contributed by atoms with Crippen LogP contribution in [-0.2, 0) is 27.3 Å². The number of rotatable bonds is 8. The largest absolute Gasteiger partial charge is 0.443 e. The summed E-state index contributed by atoms with van der Waals surface area (Å²) in [5.41, 5.74) is 4.30. The van der Waals surface area contributed by atoms with Crippen LogP contribution in [0.2, 0.25) is 0 Å². The van der Waals surface area contributed by atoms with Gasteiger partial charge in [0.25, 0.3) is 5.91 Å². The number of amides is 2. The van der Waals surface area contributed by atoms with Crippen molar-refractivity contribution in [3.05, 3.63) is 77.0 Å². The Kier molecular flexibility index (Phi) is 9.01. The van der Waals surface area contributed by atoms with Crippen LogP contribution in [0.15, 0.2) is 48.8 Å². The van der Waals surface area contributed by atoms with Crippen molar-refractivity contribution in [1.29, 1.82) is 0 Å². The summed E-state index contributed by atoms with van der Waals surface area (Å²) in [6, 6.07) is 10.3. The maximum absolute atomic E-state index is 14.0. The fraction of sp³-hybridized carbons (Fsp3) is 0.429. The zero-order valence-electron chi connectivity index (χ0n) is 27.7. The summed E-state index contributed by atoms with van der Waals surface area (Å²) in [5, 5.41) is 3.36. The number of benzene rings is 1. The molecular formula is C35H41FN6O5. The number of carbonyl (C=O) groups is 2. The number of imidazole rings is 1. The minimum Gasteiger partial charge on any atom is -0.443 e. The van der Waals surface area contributed by atoms with E-state index in [0.717, 1.165) is 29.0 Å². The second-order valence-corrected chi connectivity index (χ2v) is 13.3. The third kappa shape index (κ3) is 6.99. The van der Waals surface area contributed by atoms with Gasteiger partial charge in [0.2, 0.25) is 0 Å². The summed E-state index contributed by atoms with van der Waals surface area (Å²) < 4.78 is 33.2. The molecule has 0 saturated carbocycles. The molecule has 2 aliphatic rings. The van der Waals surface area contributed by atoms with Crippen LogP contribution >= 0.6 is 0 Å². The standard InChI is InChI=1S/C35H41FN6O5/c1-21(46-23-12-15-45-16-13-23)24-8-10-30(39-28(24)20-40(5)6)38-27-9-7-25(29-18-37-31-17-22(36)11-14-41(29)31)26-19-42(33(43)32(26)27)34(44)47-35(2,3)4/h7-11,14,17-18,21,23H,12-13,15-16,19-20H2,1-6H3,(H,38,39). The van der Waals surface area contributed by atoms with Gasteiger partial charge in [-0.25, -0.2) is 24.1 Å². The molecule has 3 aromatic heterocycles. The molecule has 0 bridgehead atoms. The van der Waals surface area contributed by atoms with Gasteiger partial charge in [0.1, 0.15) is 22.9 Å². The summed E-state index contributed by atoms with van der Waals surface area (Å²) in [7, 11) is 3.97. The molecule has 0 aliphatic carbocycles. The highest BCUT2D eigenvalue weighted by molar-refractivity contribution is 6.11. The van der Waals surface area contributed by atoms with Gasteiger partial charge < -0.3 is 24.4 Å². The maximum atomic E-state index is 14.0. The van der Waals surface area contributed by atoms with Gasteiger partial charge in [0.05, 0.1) is 47.6 Å². The molecule has 1 N–H and O–H groups in total. The van der Waals surface area contributed by atoms with E-state index >= 15 is 0 Å². The van der Waals surface area contributed by atoms with Crippen LogP contribution in [0.4, 0.5) is 20.7 Å². The summed E-state index contributed by atoms with van der Waals surface area (Å²) in [6.45, 7) is 9.30. The normalized spacial score (nSPS) is 16.2. The fourth-order valence-electron chi connectivity index (χ4n) is 6.07. The molecule has 4 aromatic rings. The second kappa shape index (κ2) is 13.0. The lowest BCUT2D eigenvalue weighted by molar-refractivity contribution is -0.0640. The van der Waals surface area contributed by atoms with Crippen LogP contribution in [0, 0.1) is 5.82 Å². The first kappa shape index (κ1) is 32.5. The van der Waals surface area contributed by atoms with Gasteiger partial charge in [-0.05, 0) is 78.4 Å². The average molecular weight is 645 g/mol. The second-order valence-electron chi connectivity index (χ2n) is 13.3. The molecule has 1 aromatic carbocycles. The van der Waals surface area contributed by atoms with Gasteiger partial charge in [-0.15, -0.1) is 0 Å². The van der Waals surface area contributed by atoms with Gasteiger partial charge in [-0.2, -0.15) is 0 Å². The molecule has 12 heteroatoms. The number of nitrogens with zero attached hydrogens (tertiary/aromatic N) is 5. The van der Waals surface area contributed by atoms with E-state index in [1.54, 1.807) is 43.6 Å². The van der Waals surface area contributed by atoms with Gasteiger partial charge in [0.15, 0.2) is 0 Å². The van der Waals surface area contributed by atoms with E-state index in [2.05, 4.69) is 10.3 Å². The van der Waals surface area contributed by atoms with Gasteiger partial charge in [-0.3, -0.25) is 9.20 Å². The minimum absolute atomic E-state index is 0.00165. The highest BCUT2D eigenvalue weighted by Crippen LogP contribution is 2.39. The molecule has 6 rings (SSSR count). The first-order valence-corrected chi connectivity index (χ1v) is 15.9. The fourth-order valence-corrected chi connectivity index (χ4v) is 6.07. The van der Waals surface area contributed by atoms with Crippen LogP contribution in [0.5, 0.6) is 0 Å². The molecule has 1 atom stereocenters. The summed E-state index contributed by atoms with van der Waals surface area (Å²) in [4.78, 5) is 39.7. The quantitative estimate of drug-likeness (QED) is 0.230. The van der Waals surface area contributed by atoms with E-state index in [1.807, 2.05) is 44.1 Å². The molecule has 2 aliphatic heterocycles. The lowest BCUT2D eigenvalue weighted by atomic mass is 9.99. The monoisotopic (exact) mass is 644 g/mol. The first-order chi connectivity index (χ1) is 22.4. The van der Waals surface area contributed by atoms with E-state index < -0.39 is 23.4 Å². The number of hydrogen-bond donors (Lipinski definition) is 1.